The van der Waals surface area contributed by atoms with Gasteiger partial charge in [-0.1, -0.05) is 13.0 Å². The summed E-state index contributed by atoms with van der Waals surface area (Å²) in [5.74, 6) is 2.99. The lowest BCUT2D eigenvalue weighted by Crippen LogP contribution is -2.47. The predicted molar refractivity (Wildman–Crippen MR) is 88.6 cm³/mol. The summed E-state index contributed by atoms with van der Waals surface area (Å²) in [4.78, 5) is 12.5. The van der Waals surface area contributed by atoms with Gasteiger partial charge in [0.1, 0.15) is 11.5 Å². The van der Waals surface area contributed by atoms with Crippen molar-refractivity contribution in [1.29, 1.82) is 0 Å². The molecule has 3 aliphatic carbocycles. The molecule has 2 saturated carbocycles. The van der Waals surface area contributed by atoms with Gasteiger partial charge in [0.2, 0.25) is 0 Å². The van der Waals surface area contributed by atoms with E-state index in [1.165, 1.54) is 11.1 Å². The second-order valence-electron chi connectivity index (χ2n) is 7.93. The van der Waals surface area contributed by atoms with Crippen LogP contribution in [0.4, 0.5) is 0 Å². The molecule has 0 amide bonds. The summed E-state index contributed by atoms with van der Waals surface area (Å²) >= 11 is 0. The first-order valence-corrected chi connectivity index (χ1v) is 8.89. The van der Waals surface area contributed by atoms with Gasteiger partial charge in [0.05, 0.1) is 7.11 Å². The molecule has 3 heteroatoms. The Hall–Kier alpha value is -1.35. The summed E-state index contributed by atoms with van der Waals surface area (Å²) in [5.41, 5.74) is 2.57. The molecule has 0 radical (unpaired) electrons. The molecule has 0 bridgehead atoms. The van der Waals surface area contributed by atoms with Gasteiger partial charge in [-0.2, -0.15) is 0 Å². The van der Waals surface area contributed by atoms with Crippen LogP contribution in [0.2, 0.25) is 0 Å². The number of aliphatic hydroxyl groups is 1. The number of rotatable bonds is 2. The van der Waals surface area contributed by atoms with Crippen LogP contribution in [-0.2, 0) is 11.2 Å². The minimum Gasteiger partial charge on any atom is -0.497 e. The van der Waals surface area contributed by atoms with Crippen LogP contribution < -0.4 is 4.74 Å². The summed E-state index contributed by atoms with van der Waals surface area (Å²) < 4.78 is 5.37. The number of carbonyl (C=O) groups excluding carboxylic acids is 1. The molecule has 0 unspecified atom stereocenters. The molecular formula is C20H26O3. The number of benzene rings is 1. The Kier molecular flexibility index (Phi) is 3.53. The number of fused-ring (bicyclic) bond motifs is 5. The standard InChI is InChI=1S/C20H26O3/c1-20-10-13(11-21)19-15-6-4-14(23-2)9-12(15)3-5-16(19)17(20)7-8-18(20)22/h4,6,9,13,16-17,19,21H,3,5,7-8,10-11H2,1-2H3/t13-,16+,17+,19-,20+/m1/s1. The molecular weight excluding hydrogens is 288 g/mol. The average molecular weight is 314 g/mol. The normalized spacial score (nSPS) is 38.7. The maximum Gasteiger partial charge on any atom is 0.139 e. The van der Waals surface area contributed by atoms with E-state index >= 15 is 0 Å². The number of hydrogen-bond acceptors (Lipinski definition) is 3. The molecule has 0 saturated heterocycles. The minimum atomic E-state index is -0.196. The number of ether oxygens (including phenoxy) is 1. The van der Waals surface area contributed by atoms with Crippen LogP contribution in [0.5, 0.6) is 5.75 Å². The molecule has 0 aliphatic heterocycles. The van der Waals surface area contributed by atoms with Crippen molar-refractivity contribution in [2.45, 2.75) is 44.9 Å². The first kappa shape index (κ1) is 15.2. The van der Waals surface area contributed by atoms with E-state index in [2.05, 4.69) is 19.1 Å². The van der Waals surface area contributed by atoms with Crippen molar-refractivity contribution in [1.82, 2.24) is 0 Å². The van der Waals surface area contributed by atoms with Gasteiger partial charge in [0.25, 0.3) is 0 Å². The monoisotopic (exact) mass is 314 g/mol. The number of hydrogen-bond donors (Lipinski definition) is 1. The van der Waals surface area contributed by atoms with E-state index in [1.54, 1.807) is 7.11 Å². The summed E-state index contributed by atoms with van der Waals surface area (Å²) in [6.45, 7) is 2.34. The van der Waals surface area contributed by atoms with Gasteiger partial charge in [0, 0.05) is 18.4 Å². The number of carbonyl (C=O) groups is 1. The maximum absolute atomic E-state index is 12.5. The number of Topliss-reactive ketones (excluding diaryl/α,β-unsaturated/α-hetero) is 1. The zero-order chi connectivity index (χ0) is 16.2. The van der Waals surface area contributed by atoms with E-state index in [9.17, 15) is 9.90 Å². The predicted octanol–water partition coefficient (Wildman–Crippen LogP) is 3.34. The zero-order valence-corrected chi connectivity index (χ0v) is 14.0. The third-order valence-electron chi connectivity index (χ3n) is 7.00. The molecule has 1 N–H and O–H groups in total. The molecule has 3 aliphatic rings. The molecule has 1 aromatic rings. The Bertz CT molecular complexity index is 638. The maximum atomic E-state index is 12.5. The van der Waals surface area contributed by atoms with Crippen LogP contribution in [0.3, 0.4) is 0 Å². The van der Waals surface area contributed by atoms with Crippen LogP contribution in [-0.4, -0.2) is 24.6 Å². The average Bonchev–Trinajstić information content (AvgIpc) is 2.88. The fraction of sp³-hybridized carbons (Fsp3) is 0.650. The fourth-order valence-electron chi connectivity index (χ4n) is 5.94. The van der Waals surface area contributed by atoms with Crippen LogP contribution >= 0.6 is 0 Å². The first-order chi connectivity index (χ1) is 11.1. The highest BCUT2D eigenvalue weighted by Crippen LogP contribution is 2.61. The Morgan fingerprint density at radius 1 is 1.30 bits per heavy atom. The van der Waals surface area contributed by atoms with Gasteiger partial charge in [-0.3, -0.25) is 4.79 Å². The number of ketones is 1. The second kappa shape index (κ2) is 5.34. The summed E-state index contributed by atoms with van der Waals surface area (Å²) in [6, 6.07) is 6.41. The van der Waals surface area contributed by atoms with Crippen LogP contribution in [0.25, 0.3) is 0 Å². The van der Waals surface area contributed by atoms with E-state index in [-0.39, 0.29) is 17.9 Å². The topological polar surface area (TPSA) is 46.5 Å². The number of aliphatic hydroxyl groups excluding tert-OH is 1. The SMILES string of the molecule is COc1ccc2c(c1)CC[C@@H]1[C@@H]2[C@@H](CO)C[C@]2(C)C(=O)CC[C@@H]12. The Labute approximate surface area is 138 Å². The van der Waals surface area contributed by atoms with Gasteiger partial charge >= 0.3 is 0 Å². The second-order valence-corrected chi connectivity index (χ2v) is 7.93. The molecule has 0 aromatic heterocycles. The van der Waals surface area contributed by atoms with E-state index in [0.717, 1.165) is 37.9 Å². The largest absolute Gasteiger partial charge is 0.497 e. The van der Waals surface area contributed by atoms with Gasteiger partial charge in [-0.15, -0.1) is 0 Å². The zero-order valence-electron chi connectivity index (χ0n) is 14.0. The highest BCUT2D eigenvalue weighted by molar-refractivity contribution is 5.87. The summed E-state index contributed by atoms with van der Waals surface area (Å²) in [5, 5.41) is 10.0. The van der Waals surface area contributed by atoms with Crippen molar-refractivity contribution in [3.8, 4) is 5.75 Å². The highest BCUT2D eigenvalue weighted by atomic mass is 16.5. The van der Waals surface area contributed by atoms with Crippen molar-refractivity contribution >= 4 is 5.78 Å². The third kappa shape index (κ3) is 2.09. The molecule has 1 aromatic carbocycles. The van der Waals surface area contributed by atoms with E-state index in [4.69, 9.17) is 4.74 Å². The summed E-state index contributed by atoms with van der Waals surface area (Å²) in [6.07, 6.45) is 4.82. The molecule has 0 spiro atoms. The van der Waals surface area contributed by atoms with Crippen molar-refractivity contribution in [2.24, 2.45) is 23.2 Å². The van der Waals surface area contributed by atoms with Crippen LogP contribution in [0, 0.1) is 23.2 Å². The summed E-state index contributed by atoms with van der Waals surface area (Å²) in [7, 11) is 1.71. The van der Waals surface area contributed by atoms with Crippen molar-refractivity contribution in [3.63, 3.8) is 0 Å². The smallest absolute Gasteiger partial charge is 0.139 e. The van der Waals surface area contributed by atoms with Gasteiger partial charge < -0.3 is 9.84 Å². The minimum absolute atomic E-state index is 0.183. The van der Waals surface area contributed by atoms with Crippen LogP contribution in [0.1, 0.15) is 49.7 Å². The molecule has 2 fully saturated rings. The van der Waals surface area contributed by atoms with Crippen molar-refractivity contribution in [2.75, 3.05) is 13.7 Å². The fourth-order valence-corrected chi connectivity index (χ4v) is 5.94. The van der Waals surface area contributed by atoms with Crippen molar-refractivity contribution < 1.29 is 14.6 Å². The Balaban J connectivity index is 1.77. The molecule has 4 rings (SSSR count). The molecule has 3 nitrogen and oxygen atoms in total. The van der Waals surface area contributed by atoms with E-state index < -0.39 is 0 Å². The van der Waals surface area contributed by atoms with Gasteiger partial charge in [-0.05, 0) is 72.6 Å². The van der Waals surface area contributed by atoms with Crippen molar-refractivity contribution in [3.05, 3.63) is 29.3 Å². The number of aryl methyl sites for hydroxylation is 1. The number of methoxy groups -OCH3 is 1. The third-order valence-corrected chi connectivity index (χ3v) is 7.00. The Morgan fingerprint density at radius 2 is 2.13 bits per heavy atom. The highest BCUT2D eigenvalue weighted by Gasteiger charge is 2.57. The lowest BCUT2D eigenvalue weighted by Gasteiger charge is -2.51. The molecule has 124 valence electrons. The molecule has 0 heterocycles. The first-order valence-electron chi connectivity index (χ1n) is 8.89. The molecule has 5 atom stereocenters. The van der Waals surface area contributed by atoms with Gasteiger partial charge in [0.15, 0.2) is 0 Å². The van der Waals surface area contributed by atoms with E-state index in [1.807, 2.05) is 6.07 Å². The lowest BCUT2D eigenvalue weighted by molar-refractivity contribution is -0.131. The lowest BCUT2D eigenvalue weighted by atomic mass is 9.52. The Morgan fingerprint density at radius 3 is 2.87 bits per heavy atom. The van der Waals surface area contributed by atoms with Gasteiger partial charge in [-0.25, -0.2) is 0 Å². The molecule has 23 heavy (non-hydrogen) atoms. The van der Waals surface area contributed by atoms with E-state index in [0.29, 0.717) is 23.5 Å². The van der Waals surface area contributed by atoms with Crippen LogP contribution in [0.15, 0.2) is 18.2 Å². The quantitative estimate of drug-likeness (QED) is 0.910.